The second-order valence-corrected chi connectivity index (χ2v) is 15.9. The van der Waals surface area contributed by atoms with Crippen molar-refractivity contribution in [2.45, 2.75) is 204 Å². The van der Waals surface area contributed by atoms with E-state index in [0.717, 1.165) is 70.6 Å². The minimum Gasteiger partial charge on any atom is -0.457 e. The number of rotatable bonds is 34. The zero-order chi connectivity index (χ0) is 39.2. The number of phosphoric acid groups is 1. The number of aliphatic hydroxyl groups is 5. The van der Waals surface area contributed by atoms with Crippen molar-refractivity contribution in [2.24, 2.45) is 0 Å². The number of carbonyl (C=O) groups is 1. The van der Waals surface area contributed by atoms with E-state index in [9.17, 15) is 39.8 Å². The fourth-order valence-corrected chi connectivity index (χ4v) is 7.14. The lowest BCUT2D eigenvalue weighted by atomic mass is 9.85. The normalized spacial score (nSPS) is 23.8. The van der Waals surface area contributed by atoms with Gasteiger partial charge in [-0.3, -0.25) is 13.8 Å². The SMILES string of the molecule is CCCCC/C=C\CCCCCCCC(=O)OC(COCCCCCCCC/C=C\CCCCCC)COP(=O)(O)OC1C(O)C(O)C(O)C(O)C1O. The molecule has 1 rings (SSSR count). The van der Waals surface area contributed by atoms with Crippen LogP contribution in [0.15, 0.2) is 24.3 Å². The summed E-state index contributed by atoms with van der Waals surface area (Å²) in [5.74, 6) is -0.490. The van der Waals surface area contributed by atoms with E-state index in [1.165, 1.54) is 64.2 Å². The molecule has 0 spiro atoms. The molecule has 6 unspecified atom stereocenters. The van der Waals surface area contributed by atoms with E-state index in [-0.39, 0.29) is 13.0 Å². The Hall–Kier alpha value is -1.18. The van der Waals surface area contributed by atoms with Gasteiger partial charge in [0, 0.05) is 13.0 Å². The highest BCUT2D eigenvalue weighted by Gasteiger charge is 2.51. The number of aliphatic hydroxyl groups excluding tert-OH is 5. The summed E-state index contributed by atoms with van der Waals surface area (Å²) in [7, 11) is -5.01. The summed E-state index contributed by atoms with van der Waals surface area (Å²) in [5, 5.41) is 50.0. The Labute approximate surface area is 320 Å². The molecule has 6 atom stereocenters. The third-order valence-electron chi connectivity index (χ3n) is 9.55. The third-order valence-corrected chi connectivity index (χ3v) is 10.5. The molecule has 0 aromatic rings. The Balaban J connectivity index is 2.46. The molecule has 1 aliphatic carbocycles. The summed E-state index contributed by atoms with van der Waals surface area (Å²) in [6.45, 7) is 4.18. The second-order valence-electron chi connectivity index (χ2n) is 14.5. The Kier molecular flexibility index (Phi) is 30.1. The van der Waals surface area contributed by atoms with Crippen molar-refractivity contribution in [3.05, 3.63) is 24.3 Å². The van der Waals surface area contributed by atoms with Crippen LogP contribution >= 0.6 is 7.82 Å². The molecule has 0 aromatic carbocycles. The van der Waals surface area contributed by atoms with Crippen molar-refractivity contribution in [2.75, 3.05) is 19.8 Å². The number of phosphoric ester groups is 1. The van der Waals surface area contributed by atoms with Gasteiger partial charge in [-0.2, -0.15) is 0 Å². The van der Waals surface area contributed by atoms with Crippen LogP contribution in [0.3, 0.4) is 0 Å². The van der Waals surface area contributed by atoms with E-state index in [1.54, 1.807) is 0 Å². The number of hydrogen-bond donors (Lipinski definition) is 6. The van der Waals surface area contributed by atoms with E-state index >= 15 is 0 Å². The molecule has 312 valence electrons. The molecule has 0 bridgehead atoms. The van der Waals surface area contributed by atoms with Crippen LogP contribution in [-0.2, 0) is 27.9 Å². The molecule has 0 amide bonds. The van der Waals surface area contributed by atoms with Gasteiger partial charge in [-0.15, -0.1) is 0 Å². The van der Waals surface area contributed by atoms with E-state index in [1.807, 2.05) is 0 Å². The lowest BCUT2D eigenvalue weighted by Gasteiger charge is -2.41. The zero-order valence-electron chi connectivity index (χ0n) is 32.8. The predicted molar refractivity (Wildman–Crippen MR) is 207 cm³/mol. The highest BCUT2D eigenvalue weighted by Crippen LogP contribution is 2.47. The van der Waals surface area contributed by atoms with Crippen LogP contribution in [0.5, 0.6) is 0 Å². The first kappa shape index (κ1) is 49.8. The van der Waals surface area contributed by atoms with Crippen molar-refractivity contribution < 1.29 is 58.3 Å². The summed E-state index contributed by atoms with van der Waals surface area (Å²) < 4.78 is 34.0. The van der Waals surface area contributed by atoms with Crippen molar-refractivity contribution >= 4 is 13.8 Å². The molecule has 1 fully saturated rings. The van der Waals surface area contributed by atoms with Gasteiger partial charge in [0.05, 0.1) is 13.2 Å². The molecule has 1 saturated carbocycles. The molecule has 0 heterocycles. The van der Waals surface area contributed by atoms with Gasteiger partial charge in [0.1, 0.15) is 42.7 Å². The number of allylic oxidation sites excluding steroid dienone is 4. The zero-order valence-corrected chi connectivity index (χ0v) is 33.7. The van der Waals surface area contributed by atoms with Gasteiger partial charge in [-0.25, -0.2) is 4.57 Å². The smallest absolute Gasteiger partial charge is 0.457 e. The standard InChI is InChI=1S/C40H75O12P/c1-3-5-7-9-11-13-15-17-18-20-22-24-26-28-30-49-31-33(51-34(41)29-27-25-23-21-19-16-14-12-10-8-6-4-2)32-50-53(47,48)52-40-38(45)36(43)35(42)37(44)39(40)46/h12-15,33,35-40,42-46H,3-11,16-32H2,1-2H3,(H,47,48)/b14-12-,15-13-. The molecular formula is C40H75O12P. The van der Waals surface area contributed by atoms with Crippen LogP contribution in [0, 0.1) is 0 Å². The molecule has 0 saturated heterocycles. The Morgan fingerprint density at radius 3 is 1.53 bits per heavy atom. The minimum atomic E-state index is -5.01. The van der Waals surface area contributed by atoms with E-state index in [4.69, 9.17) is 18.5 Å². The van der Waals surface area contributed by atoms with Gasteiger partial charge in [-0.05, 0) is 64.2 Å². The van der Waals surface area contributed by atoms with Gasteiger partial charge >= 0.3 is 13.8 Å². The van der Waals surface area contributed by atoms with Crippen molar-refractivity contribution in [3.8, 4) is 0 Å². The largest absolute Gasteiger partial charge is 0.472 e. The van der Waals surface area contributed by atoms with Crippen molar-refractivity contribution in [1.29, 1.82) is 0 Å². The fraction of sp³-hybridized carbons (Fsp3) is 0.875. The first-order chi connectivity index (χ1) is 25.5. The van der Waals surface area contributed by atoms with Crippen LogP contribution in [0.2, 0.25) is 0 Å². The molecular weight excluding hydrogens is 703 g/mol. The summed E-state index contributed by atoms with van der Waals surface area (Å²) in [5.41, 5.74) is 0. The summed E-state index contributed by atoms with van der Waals surface area (Å²) in [6, 6.07) is 0. The highest BCUT2D eigenvalue weighted by molar-refractivity contribution is 7.47. The summed E-state index contributed by atoms with van der Waals surface area (Å²) >= 11 is 0. The number of ether oxygens (including phenoxy) is 2. The number of hydrogen-bond acceptors (Lipinski definition) is 11. The maximum atomic E-state index is 12.8. The van der Waals surface area contributed by atoms with Gasteiger partial charge in [0.2, 0.25) is 0 Å². The maximum Gasteiger partial charge on any atom is 0.472 e. The molecule has 6 N–H and O–H groups in total. The number of esters is 1. The topological polar surface area (TPSA) is 192 Å². The van der Waals surface area contributed by atoms with Crippen LogP contribution in [0.25, 0.3) is 0 Å². The van der Waals surface area contributed by atoms with Crippen molar-refractivity contribution in [3.63, 3.8) is 0 Å². The number of carbonyl (C=O) groups excluding carboxylic acids is 1. The lowest BCUT2D eigenvalue weighted by Crippen LogP contribution is -2.64. The average molecular weight is 779 g/mol. The lowest BCUT2D eigenvalue weighted by molar-refractivity contribution is -0.220. The molecule has 0 aromatic heterocycles. The van der Waals surface area contributed by atoms with E-state index in [0.29, 0.717) is 13.0 Å². The van der Waals surface area contributed by atoms with Crippen LogP contribution in [0.4, 0.5) is 0 Å². The molecule has 0 radical (unpaired) electrons. The van der Waals surface area contributed by atoms with Gasteiger partial charge in [-0.1, -0.05) is 115 Å². The molecule has 53 heavy (non-hydrogen) atoms. The van der Waals surface area contributed by atoms with Crippen molar-refractivity contribution in [1.82, 2.24) is 0 Å². The molecule has 13 heteroatoms. The van der Waals surface area contributed by atoms with Crippen LogP contribution in [0.1, 0.15) is 162 Å². The third kappa shape index (κ3) is 24.8. The Morgan fingerprint density at radius 1 is 0.585 bits per heavy atom. The predicted octanol–water partition coefficient (Wildman–Crippen LogP) is 7.36. The highest BCUT2D eigenvalue weighted by atomic mass is 31.2. The minimum absolute atomic E-state index is 0.0826. The average Bonchev–Trinajstić information content (AvgIpc) is 3.14. The monoisotopic (exact) mass is 778 g/mol. The number of unbranched alkanes of at least 4 members (excludes halogenated alkanes) is 18. The van der Waals surface area contributed by atoms with Gasteiger partial charge < -0.3 is 39.9 Å². The first-order valence-electron chi connectivity index (χ1n) is 20.7. The maximum absolute atomic E-state index is 12.8. The van der Waals surface area contributed by atoms with Crippen LogP contribution < -0.4 is 0 Å². The van der Waals surface area contributed by atoms with Gasteiger partial charge in [0.25, 0.3) is 0 Å². The summed E-state index contributed by atoms with van der Waals surface area (Å²) in [6.07, 6.45) is 21.1. The van der Waals surface area contributed by atoms with Crippen LogP contribution in [-0.4, -0.2) is 98.9 Å². The quantitative estimate of drug-likeness (QED) is 0.0165. The second kappa shape index (κ2) is 32.0. The fourth-order valence-electron chi connectivity index (χ4n) is 6.17. The first-order valence-corrected chi connectivity index (χ1v) is 22.2. The van der Waals surface area contributed by atoms with E-state index in [2.05, 4.69) is 38.2 Å². The van der Waals surface area contributed by atoms with Gasteiger partial charge in [0.15, 0.2) is 0 Å². The van der Waals surface area contributed by atoms with E-state index < -0.39 is 63.1 Å². The molecule has 1 aliphatic rings. The Morgan fingerprint density at radius 2 is 1.00 bits per heavy atom. The summed E-state index contributed by atoms with van der Waals surface area (Å²) in [4.78, 5) is 23.0. The Bertz CT molecular complexity index is 979. The molecule has 0 aliphatic heterocycles. The molecule has 12 nitrogen and oxygen atoms in total.